The fraction of sp³-hybridized carbons (Fsp3) is 0.903. The minimum atomic E-state index is -1.05. The summed E-state index contributed by atoms with van der Waals surface area (Å²) in [6.07, 6.45) is 11.8. The molecule has 0 aromatic heterocycles. The van der Waals surface area contributed by atoms with Gasteiger partial charge >= 0.3 is 5.97 Å². The quantitative estimate of drug-likeness (QED) is 0.295. The van der Waals surface area contributed by atoms with Gasteiger partial charge in [0.2, 0.25) is 0 Å². The summed E-state index contributed by atoms with van der Waals surface area (Å²) in [6.45, 7) is 13.6. The van der Waals surface area contributed by atoms with E-state index in [1.165, 1.54) is 51.0 Å². The summed E-state index contributed by atoms with van der Waals surface area (Å²) in [5, 5.41) is 20.5. The van der Waals surface area contributed by atoms with Crippen LogP contribution in [-0.2, 0) is 9.53 Å². The largest absolute Gasteiger partial charge is 0.460 e. The highest BCUT2D eigenvalue weighted by molar-refractivity contribution is 5.76. The van der Waals surface area contributed by atoms with Crippen LogP contribution in [0.3, 0.4) is 0 Å². The summed E-state index contributed by atoms with van der Waals surface area (Å²) in [5.41, 5.74) is 7.34. The number of ether oxygens (including phenoxy) is 1. The van der Waals surface area contributed by atoms with Gasteiger partial charge in [-0.25, -0.2) is 0 Å². The molecule has 3 fully saturated rings. The van der Waals surface area contributed by atoms with Crippen LogP contribution >= 0.6 is 0 Å². The molecule has 1 unspecified atom stereocenters. The van der Waals surface area contributed by atoms with Gasteiger partial charge in [-0.05, 0) is 86.4 Å². The molecule has 0 spiro atoms. The lowest BCUT2D eigenvalue weighted by molar-refractivity contribution is -0.172. The molecule has 3 saturated carbocycles. The fourth-order valence-corrected chi connectivity index (χ4v) is 9.29. The summed E-state index contributed by atoms with van der Waals surface area (Å²) in [6, 6.07) is -1.05. The molecule has 0 saturated heterocycles. The third-order valence-corrected chi connectivity index (χ3v) is 11.4. The molecule has 0 bridgehead atoms. The van der Waals surface area contributed by atoms with Crippen LogP contribution in [0.2, 0.25) is 0 Å². The molecule has 36 heavy (non-hydrogen) atoms. The summed E-state index contributed by atoms with van der Waals surface area (Å²) in [5.74, 6) is 3.59. The van der Waals surface area contributed by atoms with E-state index in [1.807, 2.05) is 0 Å². The lowest BCUT2D eigenvalue weighted by Crippen LogP contribution is -2.57. The number of rotatable bonds is 8. The summed E-state index contributed by atoms with van der Waals surface area (Å²) in [7, 11) is 0. The van der Waals surface area contributed by atoms with E-state index in [0.29, 0.717) is 36.0 Å². The van der Waals surface area contributed by atoms with Gasteiger partial charge < -0.3 is 20.7 Å². The molecule has 11 atom stereocenters. The number of nitrogens with two attached hydrogens (primary N) is 1. The van der Waals surface area contributed by atoms with Crippen LogP contribution in [0.15, 0.2) is 11.6 Å². The third kappa shape index (κ3) is 4.94. The van der Waals surface area contributed by atoms with E-state index in [4.69, 9.17) is 10.5 Å². The van der Waals surface area contributed by atoms with Crippen LogP contribution in [0.25, 0.3) is 0 Å². The maximum atomic E-state index is 12.8. The van der Waals surface area contributed by atoms with Crippen molar-refractivity contribution in [1.82, 2.24) is 0 Å². The number of aliphatic hydroxyl groups excluding tert-OH is 2. The van der Waals surface area contributed by atoms with E-state index >= 15 is 0 Å². The Kier molecular flexibility index (Phi) is 8.35. The molecule has 0 aliphatic heterocycles. The van der Waals surface area contributed by atoms with Crippen LogP contribution in [-0.4, -0.2) is 40.5 Å². The van der Waals surface area contributed by atoms with E-state index in [0.717, 1.165) is 30.6 Å². The minimum absolute atomic E-state index is 0.265. The Balaban J connectivity index is 1.55. The highest BCUT2D eigenvalue weighted by Gasteiger charge is 2.61. The molecule has 0 aromatic carbocycles. The Bertz CT molecular complexity index is 823. The average Bonchev–Trinajstić information content (AvgIpc) is 3.16. The lowest BCUT2D eigenvalue weighted by atomic mass is 9.46. The fourth-order valence-electron chi connectivity index (χ4n) is 9.29. The van der Waals surface area contributed by atoms with Crippen molar-refractivity contribution in [1.29, 1.82) is 0 Å². The molecule has 4 N–H and O–H groups in total. The Labute approximate surface area is 219 Å². The van der Waals surface area contributed by atoms with Gasteiger partial charge in [0.05, 0.1) is 12.2 Å². The van der Waals surface area contributed by atoms with E-state index < -0.39 is 30.3 Å². The van der Waals surface area contributed by atoms with Crippen LogP contribution in [0.1, 0.15) is 106 Å². The molecule has 4 rings (SSSR count). The predicted molar refractivity (Wildman–Crippen MR) is 144 cm³/mol. The maximum absolute atomic E-state index is 12.8. The molecule has 0 radical (unpaired) electrons. The number of fused-ring (bicyclic) bond motifs is 5. The molecular weight excluding hydrogens is 450 g/mol. The molecule has 0 amide bonds. The van der Waals surface area contributed by atoms with Crippen LogP contribution in [0.5, 0.6) is 0 Å². The van der Waals surface area contributed by atoms with Gasteiger partial charge in [0.25, 0.3) is 0 Å². The number of carbonyl (C=O) groups excluding carboxylic acids is 1. The predicted octanol–water partition coefficient (Wildman–Crippen LogP) is 5.62. The van der Waals surface area contributed by atoms with Gasteiger partial charge in [-0.2, -0.15) is 0 Å². The molecule has 5 nitrogen and oxygen atoms in total. The molecule has 206 valence electrons. The zero-order chi connectivity index (χ0) is 26.4. The highest BCUT2D eigenvalue weighted by Crippen LogP contribution is 2.67. The van der Waals surface area contributed by atoms with Gasteiger partial charge in [0.15, 0.2) is 0 Å². The topological polar surface area (TPSA) is 92.8 Å². The summed E-state index contributed by atoms with van der Waals surface area (Å²) in [4.78, 5) is 12.8. The van der Waals surface area contributed by atoms with Crippen molar-refractivity contribution in [3.05, 3.63) is 11.6 Å². The zero-order valence-corrected chi connectivity index (χ0v) is 23.7. The zero-order valence-electron chi connectivity index (χ0n) is 23.7. The summed E-state index contributed by atoms with van der Waals surface area (Å²) >= 11 is 0. The number of esters is 1. The standard InChI is InChI=1S/C31H53NO4/c1-18(2)8-7-9-19(3)24-12-13-25-23-11-10-21-16-22(34)17-27(36-29(35)28(32)20(4)33)31(21,6)26(23)14-15-30(24,25)5/h10,18-20,22-28,33-34H,7-9,11-17,32H2,1-6H3/t19-,20-,22-,23+,24-,25+,26+,27?,28+,30-,31+/m1/s1. The Morgan fingerprint density at radius 3 is 2.53 bits per heavy atom. The number of aliphatic hydroxyl groups is 2. The van der Waals surface area contributed by atoms with Crippen molar-refractivity contribution < 1.29 is 19.7 Å². The first-order chi connectivity index (χ1) is 16.9. The van der Waals surface area contributed by atoms with Crippen molar-refractivity contribution in [3.63, 3.8) is 0 Å². The monoisotopic (exact) mass is 503 g/mol. The van der Waals surface area contributed by atoms with E-state index in [2.05, 4.69) is 40.7 Å². The molecule has 0 aromatic rings. The number of hydrogen-bond donors (Lipinski definition) is 3. The first kappa shape index (κ1) is 28.1. The molecule has 4 aliphatic rings. The van der Waals surface area contributed by atoms with E-state index in [-0.39, 0.29) is 5.41 Å². The van der Waals surface area contributed by atoms with Crippen molar-refractivity contribution >= 4 is 5.97 Å². The number of carbonyl (C=O) groups is 1. The van der Waals surface area contributed by atoms with Crippen LogP contribution in [0, 0.1) is 46.3 Å². The molecular formula is C31H53NO4. The average molecular weight is 504 g/mol. The maximum Gasteiger partial charge on any atom is 0.325 e. The second kappa shape index (κ2) is 10.7. The number of allylic oxidation sites excluding steroid dienone is 1. The van der Waals surface area contributed by atoms with Crippen LogP contribution < -0.4 is 5.73 Å². The third-order valence-electron chi connectivity index (χ3n) is 11.4. The second-order valence-corrected chi connectivity index (χ2v) is 13.9. The molecule has 0 heterocycles. The Morgan fingerprint density at radius 1 is 1.14 bits per heavy atom. The van der Waals surface area contributed by atoms with E-state index in [1.54, 1.807) is 0 Å². The van der Waals surface area contributed by atoms with Crippen LogP contribution in [0.4, 0.5) is 0 Å². The molecule has 4 aliphatic carbocycles. The van der Waals surface area contributed by atoms with Crippen molar-refractivity contribution in [2.45, 2.75) is 130 Å². The summed E-state index contributed by atoms with van der Waals surface area (Å²) < 4.78 is 6.04. The Hall–Kier alpha value is -0.910. The van der Waals surface area contributed by atoms with Gasteiger partial charge in [0.1, 0.15) is 12.1 Å². The lowest BCUT2D eigenvalue weighted by Gasteiger charge is -2.60. The smallest absolute Gasteiger partial charge is 0.325 e. The van der Waals surface area contributed by atoms with E-state index in [9.17, 15) is 15.0 Å². The highest BCUT2D eigenvalue weighted by atomic mass is 16.5. The van der Waals surface area contributed by atoms with Crippen molar-refractivity contribution in [2.24, 2.45) is 52.1 Å². The second-order valence-electron chi connectivity index (χ2n) is 13.9. The van der Waals surface area contributed by atoms with Gasteiger partial charge in [-0.15, -0.1) is 0 Å². The number of hydrogen-bond acceptors (Lipinski definition) is 5. The Morgan fingerprint density at radius 2 is 1.86 bits per heavy atom. The van der Waals surface area contributed by atoms with Gasteiger partial charge in [-0.3, -0.25) is 4.79 Å². The van der Waals surface area contributed by atoms with Gasteiger partial charge in [0, 0.05) is 11.8 Å². The first-order valence-corrected chi connectivity index (χ1v) is 14.9. The first-order valence-electron chi connectivity index (χ1n) is 14.9. The van der Waals surface area contributed by atoms with Crippen molar-refractivity contribution in [3.8, 4) is 0 Å². The SMILES string of the molecule is CC(C)CCC[C@@H](C)[C@H]1CC[C@H]2[C@@H]3CC=C4C[C@@H](O)CC(OC(=O)[C@@H](N)[C@@H](C)O)[C@]4(C)[C@H]3CC[C@]12C. The normalized spacial score (nSPS) is 42.6. The van der Waals surface area contributed by atoms with Gasteiger partial charge in [-0.1, -0.05) is 65.5 Å². The van der Waals surface area contributed by atoms with Crippen molar-refractivity contribution in [2.75, 3.05) is 0 Å². The minimum Gasteiger partial charge on any atom is -0.460 e. The molecule has 5 heteroatoms.